The van der Waals surface area contributed by atoms with Gasteiger partial charge in [0.1, 0.15) is 0 Å². The van der Waals surface area contributed by atoms with Gasteiger partial charge in [-0.05, 0) is 80.3 Å². The van der Waals surface area contributed by atoms with E-state index in [1.807, 2.05) is 4.90 Å². The van der Waals surface area contributed by atoms with Crippen molar-refractivity contribution in [2.45, 2.75) is 83.7 Å². The second kappa shape index (κ2) is 10.2. The first-order valence-electron chi connectivity index (χ1n) is 12.6. The Morgan fingerprint density at radius 1 is 1.21 bits per heavy atom. The summed E-state index contributed by atoms with van der Waals surface area (Å²) in [4.78, 5) is 15.8. The predicted octanol–water partition coefficient (Wildman–Crippen LogP) is 4.27. The van der Waals surface area contributed by atoms with E-state index in [1.165, 1.54) is 12.1 Å². The van der Waals surface area contributed by atoms with Crippen LogP contribution in [0.4, 0.5) is 13.2 Å². The largest absolute Gasteiger partial charge is 0.416 e. The molecule has 1 aliphatic carbocycles. The van der Waals surface area contributed by atoms with Gasteiger partial charge in [-0.3, -0.25) is 4.79 Å². The minimum atomic E-state index is -4.41. The predicted molar refractivity (Wildman–Crippen MR) is 125 cm³/mol. The second-order valence-corrected chi connectivity index (χ2v) is 10.6. The molecule has 5 nitrogen and oxygen atoms in total. The maximum atomic E-state index is 13.9. The standard InChI is InChI=1S/C26H38F3N3O2/c1-17(2)25(8-4-22(14-25)31-21-6-10-34-11-7-21)24(33)32-9-5-23-18(15-30-3)12-20(26(27,28)29)13-19(23)16-32/h12-13,17,21-22,30-31H,4-11,14-16H2,1-3H3/t22-,25+/m1/s1. The summed E-state index contributed by atoms with van der Waals surface area (Å²) < 4.78 is 46.2. The molecule has 2 aliphatic heterocycles. The maximum Gasteiger partial charge on any atom is 0.416 e. The monoisotopic (exact) mass is 481 g/mol. The molecule has 1 saturated carbocycles. The highest BCUT2D eigenvalue weighted by Gasteiger charge is 2.50. The minimum Gasteiger partial charge on any atom is -0.381 e. The normalized spacial score (nSPS) is 26.2. The fourth-order valence-corrected chi connectivity index (χ4v) is 6.17. The fraction of sp³-hybridized carbons (Fsp3) is 0.731. The lowest BCUT2D eigenvalue weighted by Crippen LogP contribution is -2.49. The number of hydrogen-bond donors (Lipinski definition) is 2. The van der Waals surface area contributed by atoms with Crippen LogP contribution >= 0.6 is 0 Å². The zero-order valence-corrected chi connectivity index (χ0v) is 20.6. The highest BCUT2D eigenvalue weighted by Crippen LogP contribution is 2.47. The van der Waals surface area contributed by atoms with Crippen LogP contribution in [-0.2, 0) is 35.2 Å². The molecule has 8 heteroatoms. The van der Waals surface area contributed by atoms with E-state index < -0.39 is 17.2 Å². The molecule has 0 radical (unpaired) electrons. The highest BCUT2D eigenvalue weighted by molar-refractivity contribution is 5.84. The quantitative estimate of drug-likeness (QED) is 0.637. The number of carbonyl (C=O) groups is 1. The molecule has 1 amide bonds. The van der Waals surface area contributed by atoms with E-state index in [0.29, 0.717) is 42.7 Å². The van der Waals surface area contributed by atoms with Crippen molar-refractivity contribution >= 4 is 5.91 Å². The number of ether oxygens (including phenoxy) is 1. The zero-order chi connectivity index (χ0) is 24.5. The molecule has 0 bridgehead atoms. The van der Waals surface area contributed by atoms with Crippen LogP contribution in [0.3, 0.4) is 0 Å². The third-order valence-electron chi connectivity index (χ3n) is 8.18. The Morgan fingerprint density at radius 3 is 2.59 bits per heavy atom. The molecule has 190 valence electrons. The molecule has 0 aromatic heterocycles. The summed E-state index contributed by atoms with van der Waals surface area (Å²) in [5.74, 6) is 0.279. The van der Waals surface area contributed by atoms with Crippen LogP contribution in [0, 0.1) is 11.3 Å². The summed E-state index contributed by atoms with van der Waals surface area (Å²) in [6, 6.07) is 3.24. The molecule has 2 heterocycles. The summed E-state index contributed by atoms with van der Waals surface area (Å²) in [5, 5.41) is 6.75. The molecule has 4 rings (SSSR count). The number of nitrogens with zero attached hydrogens (tertiary/aromatic N) is 1. The van der Waals surface area contributed by atoms with Gasteiger partial charge in [-0.1, -0.05) is 13.8 Å². The fourth-order valence-electron chi connectivity index (χ4n) is 6.17. The lowest BCUT2D eigenvalue weighted by atomic mass is 9.73. The van der Waals surface area contributed by atoms with E-state index in [0.717, 1.165) is 50.9 Å². The molecule has 2 N–H and O–H groups in total. The minimum absolute atomic E-state index is 0.108. The van der Waals surface area contributed by atoms with Crippen LogP contribution in [0.25, 0.3) is 0 Å². The maximum absolute atomic E-state index is 13.9. The zero-order valence-electron chi connectivity index (χ0n) is 20.6. The first kappa shape index (κ1) is 25.5. The van der Waals surface area contributed by atoms with Crippen molar-refractivity contribution in [3.8, 4) is 0 Å². The molecule has 3 aliphatic rings. The van der Waals surface area contributed by atoms with Crippen molar-refractivity contribution in [1.29, 1.82) is 0 Å². The van der Waals surface area contributed by atoms with Gasteiger partial charge in [0.05, 0.1) is 11.0 Å². The number of carbonyl (C=O) groups excluding carboxylic acids is 1. The van der Waals surface area contributed by atoms with Crippen LogP contribution in [0.5, 0.6) is 0 Å². The van der Waals surface area contributed by atoms with Crippen LogP contribution < -0.4 is 10.6 Å². The Kier molecular flexibility index (Phi) is 7.60. The molecule has 1 saturated heterocycles. The highest BCUT2D eigenvalue weighted by atomic mass is 19.4. The van der Waals surface area contributed by atoms with Crippen LogP contribution in [-0.4, -0.2) is 49.7 Å². The molecule has 0 spiro atoms. The summed E-state index contributed by atoms with van der Waals surface area (Å²) in [6.45, 7) is 6.97. The third-order valence-corrected chi connectivity index (χ3v) is 8.18. The summed E-state index contributed by atoms with van der Waals surface area (Å²) >= 11 is 0. The Morgan fingerprint density at radius 2 is 1.94 bits per heavy atom. The van der Waals surface area contributed by atoms with Gasteiger partial charge < -0.3 is 20.3 Å². The average molecular weight is 482 g/mol. The van der Waals surface area contributed by atoms with E-state index in [9.17, 15) is 18.0 Å². The lowest BCUT2D eigenvalue weighted by molar-refractivity contribution is -0.145. The Bertz CT molecular complexity index is 883. The van der Waals surface area contributed by atoms with E-state index in [4.69, 9.17) is 4.74 Å². The van der Waals surface area contributed by atoms with Gasteiger partial charge in [0.15, 0.2) is 0 Å². The van der Waals surface area contributed by atoms with Gasteiger partial charge >= 0.3 is 6.18 Å². The van der Waals surface area contributed by atoms with Gasteiger partial charge in [-0.25, -0.2) is 0 Å². The van der Waals surface area contributed by atoms with Crippen molar-refractivity contribution in [3.63, 3.8) is 0 Å². The van der Waals surface area contributed by atoms with Crippen molar-refractivity contribution in [2.24, 2.45) is 11.3 Å². The number of hydrogen-bond acceptors (Lipinski definition) is 4. The molecular weight excluding hydrogens is 443 g/mol. The SMILES string of the molecule is CNCc1cc(C(F)(F)F)cc2c1CCN(C(=O)[C@@]1(C(C)C)CC[C@@H](NC3CCOCC3)C1)C2. The third kappa shape index (κ3) is 5.14. The number of benzene rings is 1. The molecule has 1 aromatic carbocycles. The van der Waals surface area contributed by atoms with E-state index >= 15 is 0 Å². The van der Waals surface area contributed by atoms with Gasteiger partial charge in [0, 0.05) is 44.9 Å². The van der Waals surface area contributed by atoms with Crippen molar-refractivity contribution in [3.05, 3.63) is 34.4 Å². The lowest BCUT2D eigenvalue weighted by Gasteiger charge is -2.40. The number of amides is 1. The van der Waals surface area contributed by atoms with Crippen LogP contribution in [0.1, 0.15) is 68.2 Å². The molecule has 2 atom stereocenters. The Balaban J connectivity index is 1.53. The number of halogens is 3. The number of fused-ring (bicyclic) bond motifs is 1. The number of rotatable bonds is 6. The molecular formula is C26H38F3N3O2. The van der Waals surface area contributed by atoms with Crippen molar-refractivity contribution in [1.82, 2.24) is 15.5 Å². The Hall–Kier alpha value is -1.64. The van der Waals surface area contributed by atoms with Crippen LogP contribution in [0.15, 0.2) is 12.1 Å². The molecule has 2 fully saturated rings. The number of nitrogens with one attached hydrogen (secondary N) is 2. The number of alkyl halides is 3. The van der Waals surface area contributed by atoms with Gasteiger partial charge in [0.2, 0.25) is 5.91 Å². The van der Waals surface area contributed by atoms with Crippen molar-refractivity contribution < 1.29 is 22.7 Å². The molecule has 0 unspecified atom stereocenters. The van der Waals surface area contributed by atoms with E-state index in [-0.39, 0.29) is 18.4 Å². The summed E-state index contributed by atoms with van der Waals surface area (Å²) in [5.41, 5.74) is 1.17. The van der Waals surface area contributed by atoms with E-state index in [2.05, 4.69) is 24.5 Å². The van der Waals surface area contributed by atoms with Crippen molar-refractivity contribution in [2.75, 3.05) is 26.8 Å². The van der Waals surface area contributed by atoms with Gasteiger partial charge in [-0.2, -0.15) is 13.2 Å². The first-order chi connectivity index (χ1) is 16.1. The van der Waals surface area contributed by atoms with Gasteiger partial charge in [0.25, 0.3) is 0 Å². The van der Waals surface area contributed by atoms with Gasteiger partial charge in [-0.15, -0.1) is 0 Å². The van der Waals surface area contributed by atoms with E-state index in [1.54, 1.807) is 7.05 Å². The second-order valence-electron chi connectivity index (χ2n) is 10.6. The summed E-state index contributed by atoms with van der Waals surface area (Å²) in [6.07, 6.45) is 0.748. The summed E-state index contributed by atoms with van der Waals surface area (Å²) in [7, 11) is 1.74. The Labute approximate surface area is 200 Å². The average Bonchev–Trinajstić information content (AvgIpc) is 3.23. The molecule has 1 aromatic rings. The van der Waals surface area contributed by atoms with Crippen LogP contribution in [0.2, 0.25) is 0 Å². The topological polar surface area (TPSA) is 53.6 Å². The molecule has 34 heavy (non-hydrogen) atoms. The first-order valence-corrected chi connectivity index (χ1v) is 12.6. The smallest absolute Gasteiger partial charge is 0.381 e.